The van der Waals surface area contributed by atoms with Crippen LogP contribution in [-0.2, 0) is 6.17 Å². The van der Waals surface area contributed by atoms with Crippen LogP contribution >= 0.6 is 24.4 Å². The van der Waals surface area contributed by atoms with E-state index >= 15 is 0 Å². The van der Waals surface area contributed by atoms with Crippen LogP contribution in [0.2, 0.25) is 0 Å². The van der Waals surface area contributed by atoms with Gasteiger partial charge in [-0.25, -0.2) is 4.98 Å². The SMILES string of the molecule is S=Cc1cccc([Si](Cn2ccnc2)(c2ccccc2)c2cccc(C=S)c2)c1. The lowest BCUT2D eigenvalue weighted by atomic mass is 10.2. The number of aromatic nitrogens is 2. The first-order valence-corrected chi connectivity index (χ1v) is 12.5. The summed E-state index contributed by atoms with van der Waals surface area (Å²) in [7, 11) is -2.43. The minimum absolute atomic E-state index is 0.846. The molecule has 142 valence electrons. The average Bonchev–Trinajstić information content (AvgIpc) is 3.31. The van der Waals surface area contributed by atoms with Crippen LogP contribution in [0.4, 0.5) is 0 Å². The molecule has 1 aromatic heterocycles. The van der Waals surface area contributed by atoms with Crippen molar-refractivity contribution in [3.63, 3.8) is 0 Å². The third-order valence-corrected chi connectivity index (χ3v) is 10.6. The Hall–Kier alpha value is -2.73. The summed E-state index contributed by atoms with van der Waals surface area (Å²) >= 11 is 10.5. The van der Waals surface area contributed by atoms with E-state index in [9.17, 15) is 0 Å². The monoisotopic (exact) mass is 428 g/mol. The minimum atomic E-state index is -2.43. The van der Waals surface area contributed by atoms with Crippen molar-refractivity contribution in [2.45, 2.75) is 6.17 Å². The lowest BCUT2D eigenvalue weighted by Crippen LogP contribution is -2.69. The molecule has 0 aliphatic heterocycles. The minimum Gasteiger partial charge on any atom is -0.339 e. The molecule has 29 heavy (non-hydrogen) atoms. The molecule has 0 atom stereocenters. The molecule has 4 rings (SSSR count). The fraction of sp³-hybridized carbons (Fsp3) is 0.0417. The average molecular weight is 429 g/mol. The molecule has 0 aliphatic carbocycles. The molecule has 5 heteroatoms. The van der Waals surface area contributed by atoms with Crippen molar-refractivity contribution in [2.75, 3.05) is 0 Å². The predicted molar refractivity (Wildman–Crippen MR) is 132 cm³/mol. The van der Waals surface area contributed by atoms with Gasteiger partial charge in [0.05, 0.1) is 6.33 Å². The summed E-state index contributed by atoms with van der Waals surface area (Å²) < 4.78 is 2.19. The van der Waals surface area contributed by atoms with Crippen LogP contribution in [0.5, 0.6) is 0 Å². The van der Waals surface area contributed by atoms with E-state index in [2.05, 4.69) is 88.4 Å². The van der Waals surface area contributed by atoms with Gasteiger partial charge in [0.1, 0.15) is 0 Å². The zero-order valence-electron chi connectivity index (χ0n) is 15.8. The number of rotatable bonds is 7. The molecular formula is C24H20N2S2Si. The molecule has 0 unspecified atom stereocenters. The Labute approximate surface area is 182 Å². The quantitative estimate of drug-likeness (QED) is 0.256. The van der Waals surface area contributed by atoms with Gasteiger partial charge in [0.25, 0.3) is 0 Å². The van der Waals surface area contributed by atoms with E-state index in [1.54, 1.807) is 10.7 Å². The molecule has 0 bridgehead atoms. The summed E-state index contributed by atoms with van der Waals surface area (Å²) in [5.41, 5.74) is 2.11. The number of hydrogen-bond acceptors (Lipinski definition) is 3. The maximum Gasteiger partial charge on any atom is 0.168 e. The molecule has 2 nitrogen and oxygen atoms in total. The van der Waals surface area contributed by atoms with Crippen LogP contribution in [0.25, 0.3) is 0 Å². The molecule has 1 heterocycles. The third kappa shape index (κ3) is 3.89. The predicted octanol–water partition coefficient (Wildman–Crippen LogP) is 3.29. The highest BCUT2D eigenvalue weighted by atomic mass is 32.1. The first-order valence-electron chi connectivity index (χ1n) is 9.39. The summed E-state index contributed by atoms with van der Waals surface area (Å²) in [5.74, 6) is 0. The van der Waals surface area contributed by atoms with Gasteiger partial charge in [0, 0.05) is 29.3 Å². The second-order valence-corrected chi connectivity index (χ2v) is 11.3. The largest absolute Gasteiger partial charge is 0.339 e. The number of imidazole rings is 1. The van der Waals surface area contributed by atoms with E-state index < -0.39 is 8.07 Å². The second-order valence-electron chi connectivity index (χ2n) is 6.99. The van der Waals surface area contributed by atoms with E-state index in [4.69, 9.17) is 24.4 Å². The Morgan fingerprint density at radius 2 is 1.34 bits per heavy atom. The number of hydrogen-bond donors (Lipinski definition) is 0. The van der Waals surface area contributed by atoms with Crippen molar-refractivity contribution >= 4 is 58.8 Å². The maximum absolute atomic E-state index is 5.25. The fourth-order valence-electron chi connectivity index (χ4n) is 3.91. The van der Waals surface area contributed by atoms with Gasteiger partial charge in [-0.3, -0.25) is 0 Å². The van der Waals surface area contributed by atoms with Gasteiger partial charge in [-0.05, 0) is 26.7 Å². The van der Waals surface area contributed by atoms with E-state index in [1.165, 1.54) is 15.6 Å². The molecule has 0 fully saturated rings. The van der Waals surface area contributed by atoms with Crippen LogP contribution < -0.4 is 15.6 Å². The van der Waals surface area contributed by atoms with Gasteiger partial charge in [-0.15, -0.1) is 0 Å². The van der Waals surface area contributed by atoms with Crippen molar-refractivity contribution in [1.82, 2.24) is 9.55 Å². The number of benzene rings is 3. The van der Waals surface area contributed by atoms with Gasteiger partial charge in [0.15, 0.2) is 8.07 Å². The van der Waals surface area contributed by atoms with Gasteiger partial charge >= 0.3 is 0 Å². The summed E-state index contributed by atoms with van der Waals surface area (Å²) in [6.45, 7) is 0. The standard InChI is InChI=1S/C24H20N2S2Si/c27-16-20-6-4-10-23(14-20)29(19-26-13-12-25-18-26,22-8-2-1-3-9-22)24-11-5-7-21(15-24)17-28/h1-18H,19H2. The van der Waals surface area contributed by atoms with Gasteiger partial charge in [-0.2, -0.15) is 0 Å². The lowest BCUT2D eigenvalue weighted by molar-refractivity contribution is 0.862. The molecule has 0 amide bonds. The molecule has 0 saturated heterocycles. The number of thiocarbonyl (C=S) groups is 2. The van der Waals surface area contributed by atoms with Crippen molar-refractivity contribution in [3.05, 3.63) is 109 Å². The first kappa shape index (κ1) is 19.6. The Balaban J connectivity index is 2.06. The van der Waals surface area contributed by atoms with Crippen molar-refractivity contribution < 1.29 is 0 Å². The van der Waals surface area contributed by atoms with Gasteiger partial charge in [0.2, 0.25) is 0 Å². The highest BCUT2D eigenvalue weighted by Crippen LogP contribution is 2.13. The zero-order valence-corrected chi connectivity index (χ0v) is 18.4. The molecular weight excluding hydrogens is 408 g/mol. The molecule has 3 aromatic carbocycles. The molecule has 0 saturated carbocycles. The molecule has 4 aromatic rings. The lowest BCUT2D eigenvalue weighted by Gasteiger charge is -2.34. The molecule has 0 aliphatic rings. The Morgan fingerprint density at radius 3 is 1.86 bits per heavy atom. The van der Waals surface area contributed by atoms with Crippen LogP contribution in [0.15, 0.2) is 97.6 Å². The normalized spacial score (nSPS) is 11.2. The van der Waals surface area contributed by atoms with E-state index in [0.717, 1.165) is 17.3 Å². The first-order chi connectivity index (χ1) is 14.3. The van der Waals surface area contributed by atoms with E-state index in [0.29, 0.717) is 0 Å². The Kier molecular flexibility index (Phi) is 5.90. The van der Waals surface area contributed by atoms with E-state index in [-0.39, 0.29) is 0 Å². The van der Waals surface area contributed by atoms with Crippen LogP contribution in [0.3, 0.4) is 0 Å². The van der Waals surface area contributed by atoms with Crippen molar-refractivity contribution in [3.8, 4) is 0 Å². The summed E-state index contributed by atoms with van der Waals surface area (Å²) in [5, 5.41) is 7.48. The maximum atomic E-state index is 5.25. The third-order valence-electron chi connectivity index (χ3n) is 5.28. The summed E-state index contributed by atoms with van der Waals surface area (Å²) in [6.07, 6.45) is 6.62. The smallest absolute Gasteiger partial charge is 0.168 e. The van der Waals surface area contributed by atoms with Crippen LogP contribution in [0, 0.1) is 0 Å². The fourth-order valence-corrected chi connectivity index (χ4v) is 8.83. The highest BCUT2D eigenvalue weighted by Gasteiger charge is 2.40. The molecule has 0 radical (unpaired) electrons. The number of nitrogens with zero attached hydrogens (tertiary/aromatic N) is 2. The van der Waals surface area contributed by atoms with Crippen molar-refractivity contribution in [1.29, 1.82) is 0 Å². The van der Waals surface area contributed by atoms with Gasteiger partial charge < -0.3 is 4.57 Å². The van der Waals surface area contributed by atoms with Gasteiger partial charge in [-0.1, -0.05) is 103 Å². The topological polar surface area (TPSA) is 17.8 Å². The Morgan fingerprint density at radius 1 is 0.759 bits per heavy atom. The highest BCUT2D eigenvalue weighted by molar-refractivity contribution is 7.79. The zero-order chi connectivity index (χ0) is 20.1. The molecule has 0 spiro atoms. The second kappa shape index (κ2) is 8.74. The van der Waals surface area contributed by atoms with Crippen LogP contribution in [0.1, 0.15) is 11.1 Å². The van der Waals surface area contributed by atoms with Crippen LogP contribution in [-0.4, -0.2) is 28.4 Å². The molecule has 0 N–H and O–H groups in total. The Bertz CT molecular complexity index is 1070. The summed E-state index contributed by atoms with van der Waals surface area (Å²) in [6, 6.07) is 28.1. The van der Waals surface area contributed by atoms with Crippen molar-refractivity contribution in [2.24, 2.45) is 0 Å². The van der Waals surface area contributed by atoms with E-state index in [1.807, 2.05) is 18.7 Å². The summed E-state index contributed by atoms with van der Waals surface area (Å²) in [4.78, 5) is 4.29.